The van der Waals surface area contributed by atoms with E-state index in [1.165, 1.54) is 13.1 Å². The summed E-state index contributed by atoms with van der Waals surface area (Å²) in [5, 5.41) is 3.53. The van der Waals surface area contributed by atoms with Crippen LogP contribution >= 0.6 is 0 Å². The van der Waals surface area contributed by atoms with Gasteiger partial charge in [0.25, 0.3) is 0 Å². The van der Waals surface area contributed by atoms with Crippen LogP contribution in [0.5, 0.6) is 0 Å². The molecule has 5 heteroatoms. The lowest BCUT2D eigenvalue weighted by molar-refractivity contribution is 0.0994. The van der Waals surface area contributed by atoms with E-state index in [0.29, 0.717) is 0 Å². The van der Waals surface area contributed by atoms with Crippen molar-refractivity contribution in [3.8, 4) is 0 Å². The molecular weight excluding hydrogens is 262 g/mol. The normalized spacial score (nSPS) is 19.1. The molecule has 0 unspecified atom stereocenters. The molecule has 0 amide bonds. The van der Waals surface area contributed by atoms with E-state index >= 15 is 0 Å². The largest absolute Gasteiger partial charge is 0.330 e. The van der Waals surface area contributed by atoms with Crippen LogP contribution < -0.4 is 16.8 Å². The molecule has 0 saturated carbocycles. The molecule has 0 radical (unpaired) electrons. The molecule has 5 N–H and O–H groups in total. The Morgan fingerprint density at radius 2 is 1.38 bits per heavy atom. The summed E-state index contributed by atoms with van der Waals surface area (Å²) in [4.78, 5) is 5.10. The molecule has 1 heterocycles. The van der Waals surface area contributed by atoms with Gasteiger partial charge in [-0.15, -0.1) is 0 Å². The van der Waals surface area contributed by atoms with Crippen LogP contribution in [0.15, 0.2) is 0 Å². The molecule has 0 spiro atoms. The molecule has 5 nitrogen and oxygen atoms in total. The van der Waals surface area contributed by atoms with Gasteiger partial charge in [0.2, 0.25) is 0 Å². The van der Waals surface area contributed by atoms with Crippen molar-refractivity contribution >= 4 is 0 Å². The molecule has 1 saturated heterocycles. The highest BCUT2D eigenvalue weighted by molar-refractivity contribution is 4.79. The second-order valence-electron chi connectivity index (χ2n) is 8.03. The van der Waals surface area contributed by atoms with Crippen LogP contribution in [0.3, 0.4) is 0 Å². The summed E-state index contributed by atoms with van der Waals surface area (Å²) in [6.45, 7) is 19.4. The van der Waals surface area contributed by atoms with E-state index in [-0.39, 0.29) is 10.8 Å². The smallest absolute Gasteiger partial charge is 0.0110 e. The van der Waals surface area contributed by atoms with E-state index in [2.05, 4.69) is 42.8 Å². The van der Waals surface area contributed by atoms with Crippen molar-refractivity contribution < 1.29 is 0 Å². The Morgan fingerprint density at radius 1 is 0.857 bits per heavy atom. The molecule has 1 aliphatic rings. The van der Waals surface area contributed by atoms with Crippen molar-refractivity contribution in [2.24, 2.45) is 22.3 Å². The third-order valence-corrected chi connectivity index (χ3v) is 4.43. The van der Waals surface area contributed by atoms with Gasteiger partial charge in [0, 0.05) is 52.4 Å². The van der Waals surface area contributed by atoms with Gasteiger partial charge >= 0.3 is 0 Å². The number of rotatable bonds is 9. The van der Waals surface area contributed by atoms with Gasteiger partial charge < -0.3 is 21.7 Å². The summed E-state index contributed by atoms with van der Waals surface area (Å²) in [5.74, 6) is 0. The third kappa shape index (κ3) is 7.56. The molecule has 0 aromatic carbocycles. The van der Waals surface area contributed by atoms with Crippen LogP contribution in [0.25, 0.3) is 0 Å². The zero-order valence-corrected chi connectivity index (χ0v) is 14.6. The van der Waals surface area contributed by atoms with Crippen LogP contribution in [0, 0.1) is 10.8 Å². The molecule has 0 aromatic heterocycles. The molecular formula is C16H37N5. The van der Waals surface area contributed by atoms with E-state index in [1.54, 1.807) is 0 Å². The van der Waals surface area contributed by atoms with Crippen molar-refractivity contribution in [2.75, 3.05) is 65.4 Å². The van der Waals surface area contributed by atoms with Gasteiger partial charge in [0.05, 0.1) is 0 Å². The molecule has 21 heavy (non-hydrogen) atoms. The first-order chi connectivity index (χ1) is 9.78. The van der Waals surface area contributed by atoms with Crippen LogP contribution in [-0.4, -0.2) is 75.2 Å². The Labute approximate surface area is 131 Å². The van der Waals surface area contributed by atoms with Gasteiger partial charge in [0.1, 0.15) is 0 Å². The van der Waals surface area contributed by atoms with Gasteiger partial charge in [-0.2, -0.15) is 0 Å². The minimum absolute atomic E-state index is 0.201. The number of hydrogen-bond acceptors (Lipinski definition) is 5. The summed E-state index contributed by atoms with van der Waals surface area (Å²) < 4.78 is 0. The van der Waals surface area contributed by atoms with Crippen molar-refractivity contribution in [1.82, 2.24) is 15.1 Å². The summed E-state index contributed by atoms with van der Waals surface area (Å²) in [6.07, 6.45) is 0. The van der Waals surface area contributed by atoms with Crippen molar-refractivity contribution in [3.63, 3.8) is 0 Å². The summed E-state index contributed by atoms with van der Waals surface area (Å²) in [6, 6.07) is 0. The number of nitrogens with one attached hydrogen (secondary N) is 1. The number of piperazine rings is 1. The Bertz CT molecular complexity index is 280. The molecule has 1 fully saturated rings. The highest BCUT2D eigenvalue weighted by atomic mass is 15.3. The maximum absolute atomic E-state index is 5.82. The minimum Gasteiger partial charge on any atom is -0.330 e. The molecule has 0 aromatic rings. The first kappa shape index (κ1) is 18.8. The van der Waals surface area contributed by atoms with E-state index in [9.17, 15) is 0 Å². The number of nitrogens with two attached hydrogens (primary N) is 2. The van der Waals surface area contributed by atoms with Crippen molar-refractivity contribution in [2.45, 2.75) is 27.7 Å². The predicted molar refractivity (Wildman–Crippen MR) is 91.4 cm³/mol. The fourth-order valence-corrected chi connectivity index (χ4v) is 2.58. The Hall–Kier alpha value is -0.200. The molecule has 1 rings (SSSR count). The average Bonchev–Trinajstić information content (AvgIpc) is 2.45. The lowest BCUT2D eigenvalue weighted by Gasteiger charge is -2.38. The van der Waals surface area contributed by atoms with Crippen LogP contribution in [0.1, 0.15) is 27.7 Å². The van der Waals surface area contributed by atoms with Crippen molar-refractivity contribution in [3.05, 3.63) is 0 Å². The van der Waals surface area contributed by atoms with Gasteiger partial charge in [-0.05, 0) is 23.9 Å². The van der Waals surface area contributed by atoms with E-state index in [4.69, 9.17) is 11.5 Å². The summed E-state index contributed by atoms with van der Waals surface area (Å²) in [7, 11) is 0. The van der Waals surface area contributed by atoms with E-state index in [0.717, 1.165) is 52.4 Å². The number of hydrogen-bond donors (Lipinski definition) is 3. The maximum Gasteiger partial charge on any atom is 0.0110 e. The Balaban J connectivity index is 2.14. The molecule has 0 atom stereocenters. The quantitative estimate of drug-likeness (QED) is 0.529. The van der Waals surface area contributed by atoms with Crippen LogP contribution in [0.4, 0.5) is 0 Å². The van der Waals surface area contributed by atoms with Gasteiger partial charge in [-0.3, -0.25) is 4.90 Å². The SMILES string of the molecule is CC(C)(CN)CNCCN1CCN(CC(C)(C)CN)CC1. The highest BCUT2D eigenvalue weighted by Crippen LogP contribution is 2.16. The highest BCUT2D eigenvalue weighted by Gasteiger charge is 2.23. The zero-order chi connectivity index (χ0) is 15.9. The Morgan fingerprint density at radius 3 is 1.90 bits per heavy atom. The monoisotopic (exact) mass is 299 g/mol. The lowest BCUT2D eigenvalue weighted by atomic mass is 9.93. The average molecular weight is 300 g/mol. The van der Waals surface area contributed by atoms with E-state index < -0.39 is 0 Å². The molecule has 1 aliphatic heterocycles. The van der Waals surface area contributed by atoms with Crippen LogP contribution in [-0.2, 0) is 0 Å². The molecule has 0 bridgehead atoms. The van der Waals surface area contributed by atoms with Gasteiger partial charge in [0.15, 0.2) is 0 Å². The number of nitrogens with zero attached hydrogens (tertiary/aromatic N) is 2. The van der Waals surface area contributed by atoms with E-state index in [1.807, 2.05) is 0 Å². The third-order valence-electron chi connectivity index (χ3n) is 4.43. The van der Waals surface area contributed by atoms with Gasteiger partial charge in [-0.1, -0.05) is 27.7 Å². The zero-order valence-electron chi connectivity index (χ0n) is 14.6. The first-order valence-electron chi connectivity index (χ1n) is 8.34. The fraction of sp³-hybridized carbons (Fsp3) is 1.00. The second-order valence-corrected chi connectivity index (χ2v) is 8.03. The van der Waals surface area contributed by atoms with Gasteiger partial charge in [-0.25, -0.2) is 0 Å². The molecule has 0 aliphatic carbocycles. The Kier molecular flexibility index (Phi) is 7.57. The minimum atomic E-state index is 0.201. The van der Waals surface area contributed by atoms with Crippen LogP contribution in [0.2, 0.25) is 0 Å². The lowest BCUT2D eigenvalue weighted by Crippen LogP contribution is -2.51. The predicted octanol–water partition coefficient (Wildman–Crippen LogP) is 0.163. The topological polar surface area (TPSA) is 70.5 Å². The standard InChI is InChI=1S/C16H37N5/c1-15(2,11-17)13-19-5-6-20-7-9-21(10-8-20)14-16(3,4)12-18/h19H,5-14,17-18H2,1-4H3. The second kappa shape index (κ2) is 8.44. The maximum atomic E-state index is 5.82. The fourth-order valence-electron chi connectivity index (χ4n) is 2.58. The summed E-state index contributed by atoms with van der Waals surface area (Å²) >= 11 is 0. The summed E-state index contributed by atoms with van der Waals surface area (Å²) in [5.41, 5.74) is 12.0. The van der Waals surface area contributed by atoms with Crippen molar-refractivity contribution in [1.29, 1.82) is 0 Å². The first-order valence-corrected chi connectivity index (χ1v) is 8.34. The molecule has 126 valence electrons.